The van der Waals surface area contributed by atoms with Crippen molar-refractivity contribution in [1.82, 2.24) is 4.98 Å². The first-order valence-corrected chi connectivity index (χ1v) is 13.2. The molecule has 36 heavy (non-hydrogen) atoms. The number of carbonyl (C=O) groups is 2. The second-order valence-corrected chi connectivity index (χ2v) is 11.1. The fraction of sp³-hybridized carbons (Fsp3) is 0.387. The van der Waals surface area contributed by atoms with Crippen molar-refractivity contribution in [3.63, 3.8) is 0 Å². The summed E-state index contributed by atoms with van der Waals surface area (Å²) in [6.07, 6.45) is 5.26. The molecule has 0 saturated carbocycles. The van der Waals surface area contributed by atoms with Crippen LogP contribution >= 0.6 is 0 Å². The van der Waals surface area contributed by atoms with Gasteiger partial charge in [0, 0.05) is 18.2 Å². The normalized spacial score (nSPS) is 19.9. The van der Waals surface area contributed by atoms with E-state index in [1.54, 1.807) is 0 Å². The number of amides is 2. The molecule has 5 heteroatoms. The molecule has 1 aliphatic rings. The minimum atomic E-state index is -0.368. The summed E-state index contributed by atoms with van der Waals surface area (Å²) in [5, 5.41) is 0. The van der Waals surface area contributed by atoms with Crippen molar-refractivity contribution < 1.29 is 9.59 Å². The number of pyridine rings is 1. The minimum absolute atomic E-state index is 0.00888. The molecule has 4 atom stereocenters. The van der Waals surface area contributed by atoms with E-state index in [1.165, 1.54) is 16.0 Å². The van der Waals surface area contributed by atoms with Gasteiger partial charge in [-0.3, -0.25) is 19.5 Å². The second-order valence-electron chi connectivity index (χ2n) is 11.1. The lowest BCUT2D eigenvalue weighted by molar-refractivity contribution is -0.122. The van der Waals surface area contributed by atoms with E-state index in [9.17, 15) is 9.59 Å². The molecule has 3 aromatic rings. The zero-order valence-electron chi connectivity index (χ0n) is 22.1. The van der Waals surface area contributed by atoms with Crippen LogP contribution in [0.3, 0.4) is 0 Å². The van der Waals surface area contributed by atoms with Gasteiger partial charge >= 0.3 is 0 Å². The van der Waals surface area contributed by atoms with E-state index in [2.05, 4.69) is 63.9 Å². The third-order valence-corrected chi connectivity index (χ3v) is 7.76. The fourth-order valence-corrected chi connectivity index (χ4v) is 5.55. The van der Waals surface area contributed by atoms with Gasteiger partial charge in [-0.15, -0.1) is 0 Å². The highest BCUT2D eigenvalue weighted by Gasteiger charge is 2.51. The van der Waals surface area contributed by atoms with Gasteiger partial charge in [-0.25, -0.2) is 0 Å². The Balaban J connectivity index is 1.66. The molecule has 2 aromatic carbocycles. The Kier molecular flexibility index (Phi) is 7.78. The van der Waals surface area contributed by atoms with Gasteiger partial charge in [-0.1, -0.05) is 83.4 Å². The van der Waals surface area contributed by atoms with Gasteiger partial charge < -0.3 is 0 Å². The highest BCUT2D eigenvalue weighted by molar-refractivity contribution is 6.50. The average Bonchev–Trinajstić information content (AvgIpc) is 3.13. The van der Waals surface area contributed by atoms with Crippen LogP contribution in [-0.4, -0.2) is 24.1 Å². The average molecular weight is 480 g/mol. The molecule has 1 aromatic heterocycles. The smallest absolute Gasteiger partial charge is 0.237 e. The third kappa shape index (κ3) is 5.30. The standard InChI is InChI=1S/C31H37BN2O2/c1-6-26(23-12-14-24(15-13-23)31(3,4)5)27-28(32-20-21(2)22-16-18-33-19-17-22)30(36)34(29(27)35)25-10-8-7-9-11-25/h7-19,21,26-28,32H,6,20H2,1-5H3. The van der Waals surface area contributed by atoms with Crippen LogP contribution in [0.4, 0.5) is 5.69 Å². The minimum Gasteiger partial charge on any atom is -0.275 e. The Hall–Kier alpha value is -3.21. The third-order valence-electron chi connectivity index (χ3n) is 7.76. The van der Waals surface area contributed by atoms with E-state index in [-0.39, 0.29) is 40.8 Å². The fourth-order valence-electron chi connectivity index (χ4n) is 5.55. The maximum Gasteiger partial charge on any atom is 0.237 e. The number of hydrogen-bond acceptors (Lipinski definition) is 3. The van der Waals surface area contributed by atoms with Crippen LogP contribution in [0.15, 0.2) is 79.1 Å². The number of carbonyl (C=O) groups excluding carboxylic acids is 2. The van der Waals surface area contributed by atoms with Gasteiger partial charge in [0.2, 0.25) is 11.8 Å². The highest BCUT2D eigenvalue weighted by Crippen LogP contribution is 2.45. The lowest BCUT2D eigenvalue weighted by Crippen LogP contribution is -2.31. The molecule has 1 fully saturated rings. The molecule has 186 valence electrons. The molecule has 0 aliphatic carbocycles. The largest absolute Gasteiger partial charge is 0.275 e. The zero-order valence-corrected chi connectivity index (χ0v) is 22.1. The van der Waals surface area contributed by atoms with E-state index < -0.39 is 0 Å². The summed E-state index contributed by atoms with van der Waals surface area (Å²) in [4.78, 5) is 33.3. The van der Waals surface area contributed by atoms with Crippen molar-refractivity contribution in [2.45, 2.75) is 70.4 Å². The van der Waals surface area contributed by atoms with Crippen LogP contribution in [0.1, 0.15) is 69.6 Å². The second kappa shape index (κ2) is 10.8. The summed E-state index contributed by atoms with van der Waals surface area (Å²) < 4.78 is 0. The number of hydrogen-bond donors (Lipinski definition) is 0. The van der Waals surface area contributed by atoms with Crippen molar-refractivity contribution in [1.29, 1.82) is 0 Å². The molecule has 0 radical (unpaired) electrons. The molecule has 0 N–H and O–H groups in total. The van der Waals surface area contributed by atoms with Crippen LogP contribution in [0.5, 0.6) is 0 Å². The van der Waals surface area contributed by atoms with Gasteiger partial charge in [-0.2, -0.15) is 0 Å². The molecule has 4 rings (SSSR count). The van der Waals surface area contributed by atoms with Crippen LogP contribution < -0.4 is 4.90 Å². The Bertz CT molecular complexity index is 1170. The molecule has 1 aliphatic heterocycles. The van der Waals surface area contributed by atoms with Crippen LogP contribution in [0.2, 0.25) is 12.1 Å². The van der Waals surface area contributed by atoms with Gasteiger partial charge in [0.05, 0.1) is 11.6 Å². The predicted molar refractivity (Wildman–Crippen MR) is 149 cm³/mol. The Morgan fingerprint density at radius 3 is 2.11 bits per heavy atom. The SMILES string of the molecule is CCC(c1ccc(C(C)(C)C)cc1)C1C(=O)N(c2ccccc2)C(=O)C1BCC(C)c1ccncc1. The van der Waals surface area contributed by atoms with Gasteiger partial charge in [-0.05, 0) is 64.6 Å². The Morgan fingerprint density at radius 2 is 1.53 bits per heavy atom. The van der Waals surface area contributed by atoms with Crippen LogP contribution in [0.25, 0.3) is 0 Å². The van der Waals surface area contributed by atoms with Crippen molar-refractivity contribution in [3.8, 4) is 0 Å². The molecule has 0 bridgehead atoms. The molecule has 4 unspecified atom stereocenters. The van der Waals surface area contributed by atoms with E-state index in [0.29, 0.717) is 13.0 Å². The number of nitrogens with zero attached hydrogens (tertiary/aromatic N) is 2. The Morgan fingerprint density at radius 1 is 0.889 bits per heavy atom. The molecule has 2 amide bonds. The van der Waals surface area contributed by atoms with Crippen molar-refractivity contribution in [2.75, 3.05) is 4.90 Å². The lowest BCUT2D eigenvalue weighted by Gasteiger charge is -2.27. The summed E-state index contributed by atoms with van der Waals surface area (Å²) >= 11 is 0. The number of benzene rings is 2. The molecule has 1 saturated heterocycles. The highest BCUT2D eigenvalue weighted by atomic mass is 16.2. The molecule has 0 spiro atoms. The van der Waals surface area contributed by atoms with Crippen molar-refractivity contribution >= 4 is 24.8 Å². The topological polar surface area (TPSA) is 50.3 Å². The monoisotopic (exact) mass is 480 g/mol. The Labute approximate surface area is 216 Å². The molecule has 4 nitrogen and oxygen atoms in total. The summed E-state index contributed by atoms with van der Waals surface area (Å²) in [5.74, 6) is -0.566. The number of anilines is 1. The number of aromatic nitrogens is 1. The van der Waals surface area contributed by atoms with Crippen molar-refractivity contribution in [2.24, 2.45) is 5.92 Å². The number of rotatable bonds is 8. The van der Waals surface area contributed by atoms with E-state index in [0.717, 1.165) is 18.3 Å². The number of imide groups is 1. The quantitative estimate of drug-likeness (QED) is 0.273. The molecular formula is C31H37BN2O2. The zero-order chi connectivity index (χ0) is 25.9. The summed E-state index contributed by atoms with van der Waals surface area (Å²) in [7, 11) is 0.679. The van der Waals surface area contributed by atoms with Gasteiger partial charge in [0.1, 0.15) is 7.28 Å². The predicted octanol–water partition coefficient (Wildman–Crippen LogP) is 6.51. The maximum atomic E-state index is 13.9. The summed E-state index contributed by atoms with van der Waals surface area (Å²) in [5.41, 5.74) is 4.35. The summed E-state index contributed by atoms with van der Waals surface area (Å²) in [6.45, 7) is 10.9. The number of para-hydroxylation sites is 1. The van der Waals surface area contributed by atoms with Gasteiger partial charge in [0.15, 0.2) is 0 Å². The van der Waals surface area contributed by atoms with E-state index in [1.807, 2.05) is 54.9 Å². The van der Waals surface area contributed by atoms with E-state index in [4.69, 9.17) is 0 Å². The van der Waals surface area contributed by atoms with E-state index >= 15 is 0 Å². The summed E-state index contributed by atoms with van der Waals surface area (Å²) in [6, 6.07) is 22.1. The first kappa shape index (κ1) is 25.9. The molecule has 2 heterocycles. The van der Waals surface area contributed by atoms with Crippen LogP contribution in [0, 0.1) is 5.92 Å². The van der Waals surface area contributed by atoms with Crippen LogP contribution in [-0.2, 0) is 15.0 Å². The first-order valence-electron chi connectivity index (χ1n) is 13.2. The maximum absolute atomic E-state index is 13.9. The van der Waals surface area contributed by atoms with Gasteiger partial charge in [0.25, 0.3) is 0 Å². The first-order chi connectivity index (χ1) is 17.2. The van der Waals surface area contributed by atoms with Crippen molar-refractivity contribution in [3.05, 3.63) is 95.8 Å². The molecular weight excluding hydrogens is 443 g/mol. The lowest BCUT2D eigenvalue weighted by atomic mass is 9.53.